The van der Waals surface area contributed by atoms with E-state index in [1.165, 1.54) is 0 Å². The molecule has 0 amide bonds. The largest absolute Gasteiger partial charge is 0.493 e. The van der Waals surface area contributed by atoms with Gasteiger partial charge in [-0.1, -0.05) is 6.07 Å². The van der Waals surface area contributed by atoms with Crippen LogP contribution in [0.5, 0.6) is 5.75 Å². The highest BCUT2D eigenvalue weighted by Crippen LogP contribution is 2.47. The number of aryl methyl sites for hydroxylation is 2. The summed E-state index contributed by atoms with van der Waals surface area (Å²) < 4.78 is 26.7. The van der Waals surface area contributed by atoms with Crippen molar-refractivity contribution in [2.75, 3.05) is 25.1 Å². The summed E-state index contributed by atoms with van der Waals surface area (Å²) in [6.07, 6.45) is 6.40. The molecule has 8 heteroatoms. The van der Waals surface area contributed by atoms with Gasteiger partial charge >= 0.3 is 5.97 Å². The second-order valence-corrected chi connectivity index (χ2v) is 10.8. The zero-order chi connectivity index (χ0) is 26.4. The summed E-state index contributed by atoms with van der Waals surface area (Å²) in [4.78, 5) is 20.0. The van der Waals surface area contributed by atoms with Gasteiger partial charge in [-0.15, -0.1) is 0 Å². The first-order chi connectivity index (χ1) is 18.4. The van der Waals surface area contributed by atoms with Gasteiger partial charge in [-0.3, -0.25) is 9.78 Å². The number of anilines is 1. The van der Waals surface area contributed by atoms with E-state index in [-0.39, 0.29) is 23.7 Å². The summed E-state index contributed by atoms with van der Waals surface area (Å²) in [5.74, 6) is 0.408. The Kier molecular flexibility index (Phi) is 6.51. The second kappa shape index (κ2) is 9.98. The van der Waals surface area contributed by atoms with E-state index in [9.17, 15) is 4.79 Å². The standard InChI is InChI=1S/C30H32FN3O4/c1-16-9-19(38-15-18-7-8-37-14-18)10-17(2)28(16)20-3-5-24(31)29-21(20)4-6-25(29)34-27-13-32-26(12-33-27)22-11-23(22)30(35)36/h3,5,9-10,12-13,18,22-23,25H,4,6-8,11,14-15H2,1-2H3,(H,33,34)(H,35,36)/t18?,22-,23-,25+/m0/s1. The van der Waals surface area contributed by atoms with E-state index in [0.29, 0.717) is 36.0 Å². The first-order valence-electron chi connectivity index (χ1n) is 13.3. The van der Waals surface area contributed by atoms with Crippen LogP contribution in [0, 0.1) is 31.5 Å². The highest BCUT2D eigenvalue weighted by molar-refractivity contribution is 5.77. The van der Waals surface area contributed by atoms with Crippen molar-refractivity contribution in [2.24, 2.45) is 11.8 Å². The molecule has 3 aromatic rings. The Morgan fingerprint density at radius 2 is 2.00 bits per heavy atom. The third-order valence-corrected chi connectivity index (χ3v) is 8.10. The molecule has 3 aliphatic rings. The molecule has 1 aliphatic heterocycles. The van der Waals surface area contributed by atoms with Gasteiger partial charge in [0.05, 0.1) is 43.3 Å². The quantitative estimate of drug-likeness (QED) is 0.402. The van der Waals surface area contributed by atoms with Crippen LogP contribution in [-0.2, 0) is 16.0 Å². The molecular weight excluding hydrogens is 485 g/mol. The smallest absolute Gasteiger partial charge is 0.307 e. The van der Waals surface area contributed by atoms with E-state index >= 15 is 4.39 Å². The van der Waals surface area contributed by atoms with Crippen molar-refractivity contribution in [1.82, 2.24) is 9.97 Å². The molecule has 198 valence electrons. The van der Waals surface area contributed by atoms with Crippen LogP contribution in [0.15, 0.2) is 36.7 Å². The molecule has 7 nitrogen and oxygen atoms in total. The predicted molar refractivity (Wildman–Crippen MR) is 141 cm³/mol. The number of hydrogen-bond acceptors (Lipinski definition) is 6. The average molecular weight is 518 g/mol. The third-order valence-electron chi connectivity index (χ3n) is 8.10. The van der Waals surface area contributed by atoms with E-state index in [0.717, 1.165) is 66.0 Å². The molecule has 2 heterocycles. The number of fused-ring (bicyclic) bond motifs is 1. The number of rotatable bonds is 8. The van der Waals surface area contributed by atoms with Crippen LogP contribution in [-0.4, -0.2) is 40.9 Å². The summed E-state index contributed by atoms with van der Waals surface area (Å²) in [6, 6.07) is 7.39. The molecule has 2 N–H and O–H groups in total. The molecular formula is C30H32FN3O4. The lowest BCUT2D eigenvalue weighted by Crippen LogP contribution is -2.12. The van der Waals surface area contributed by atoms with Gasteiger partial charge in [0.25, 0.3) is 0 Å². The Hall–Kier alpha value is -3.52. The van der Waals surface area contributed by atoms with Crippen molar-refractivity contribution in [2.45, 2.75) is 51.5 Å². The van der Waals surface area contributed by atoms with Crippen LogP contribution in [0.25, 0.3) is 11.1 Å². The van der Waals surface area contributed by atoms with Gasteiger partial charge in [0.1, 0.15) is 17.4 Å². The SMILES string of the molecule is Cc1cc(OCC2CCOC2)cc(C)c1-c1ccc(F)c2c1CC[C@H]2Nc1cnc([C@H]2C[C@@H]2C(=O)O)cn1. The normalized spacial score (nSPS) is 23.8. The fourth-order valence-corrected chi connectivity index (χ4v) is 6.03. The second-order valence-electron chi connectivity index (χ2n) is 10.8. The van der Waals surface area contributed by atoms with Gasteiger partial charge in [-0.05, 0) is 85.5 Å². The van der Waals surface area contributed by atoms with Crippen LogP contribution in [0.2, 0.25) is 0 Å². The molecule has 0 bridgehead atoms. The van der Waals surface area contributed by atoms with E-state index < -0.39 is 5.97 Å². The zero-order valence-corrected chi connectivity index (χ0v) is 21.7. The minimum absolute atomic E-state index is 0.0683. The minimum atomic E-state index is -0.792. The molecule has 1 saturated heterocycles. The van der Waals surface area contributed by atoms with E-state index in [2.05, 4.69) is 41.3 Å². The van der Waals surface area contributed by atoms with Crippen LogP contribution >= 0.6 is 0 Å². The zero-order valence-electron chi connectivity index (χ0n) is 21.7. The highest BCUT2D eigenvalue weighted by atomic mass is 19.1. The van der Waals surface area contributed by atoms with E-state index in [4.69, 9.17) is 14.6 Å². The third kappa shape index (κ3) is 4.73. The van der Waals surface area contributed by atoms with Crippen molar-refractivity contribution in [3.63, 3.8) is 0 Å². The van der Waals surface area contributed by atoms with Crippen LogP contribution in [0.1, 0.15) is 59.2 Å². The fraction of sp³-hybridized carbons (Fsp3) is 0.433. The van der Waals surface area contributed by atoms with Gasteiger partial charge in [0.2, 0.25) is 0 Å². The van der Waals surface area contributed by atoms with Crippen LogP contribution in [0.3, 0.4) is 0 Å². The Bertz CT molecular complexity index is 1350. The lowest BCUT2D eigenvalue weighted by Gasteiger charge is -2.19. The molecule has 0 spiro atoms. The highest BCUT2D eigenvalue weighted by Gasteiger charge is 2.45. The molecule has 4 atom stereocenters. The molecule has 2 fully saturated rings. The maximum atomic E-state index is 15.2. The van der Waals surface area contributed by atoms with Crippen molar-refractivity contribution in [3.8, 4) is 16.9 Å². The number of aromatic nitrogens is 2. The summed E-state index contributed by atoms with van der Waals surface area (Å²) in [5, 5.41) is 12.5. The molecule has 2 aromatic carbocycles. The number of carboxylic acids is 1. The van der Waals surface area contributed by atoms with Crippen molar-refractivity contribution in [1.29, 1.82) is 0 Å². The lowest BCUT2D eigenvalue weighted by atomic mass is 9.90. The first kappa shape index (κ1) is 24.8. The fourth-order valence-electron chi connectivity index (χ4n) is 6.03. The molecule has 6 rings (SSSR count). The molecule has 2 aliphatic carbocycles. The summed E-state index contributed by atoms with van der Waals surface area (Å²) >= 11 is 0. The number of aliphatic carboxylic acids is 1. The summed E-state index contributed by atoms with van der Waals surface area (Å²) in [5.41, 5.74) is 6.80. The monoisotopic (exact) mass is 517 g/mol. The topological polar surface area (TPSA) is 93.6 Å². The van der Waals surface area contributed by atoms with Gasteiger partial charge < -0.3 is 19.9 Å². The Morgan fingerprint density at radius 1 is 1.18 bits per heavy atom. The number of hydrogen-bond donors (Lipinski definition) is 2. The van der Waals surface area contributed by atoms with Gasteiger partial charge in [-0.2, -0.15) is 0 Å². The number of nitrogens with one attached hydrogen (secondary N) is 1. The predicted octanol–water partition coefficient (Wildman–Crippen LogP) is 5.60. The molecule has 1 unspecified atom stereocenters. The van der Waals surface area contributed by atoms with Crippen molar-refractivity contribution >= 4 is 11.8 Å². The number of ether oxygens (including phenoxy) is 2. The number of halogens is 1. The lowest BCUT2D eigenvalue weighted by molar-refractivity contribution is -0.138. The van der Waals surface area contributed by atoms with Crippen molar-refractivity contribution < 1.29 is 23.8 Å². The Morgan fingerprint density at radius 3 is 2.66 bits per heavy atom. The number of nitrogens with zero attached hydrogens (tertiary/aromatic N) is 2. The summed E-state index contributed by atoms with van der Waals surface area (Å²) in [7, 11) is 0. The van der Waals surface area contributed by atoms with Gasteiger partial charge in [-0.25, -0.2) is 9.37 Å². The molecule has 1 saturated carbocycles. The molecule has 0 radical (unpaired) electrons. The Balaban J connectivity index is 1.22. The maximum Gasteiger partial charge on any atom is 0.307 e. The van der Waals surface area contributed by atoms with Gasteiger partial charge in [0.15, 0.2) is 0 Å². The number of carbonyl (C=O) groups is 1. The number of carboxylic acid groups (broad SMARTS) is 1. The van der Waals surface area contributed by atoms with Crippen LogP contribution < -0.4 is 10.1 Å². The Labute approximate surface area is 221 Å². The average Bonchev–Trinajstić information content (AvgIpc) is 3.31. The molecule has 38 heavy (non-hydrogen) atoms. The van der Waals surface area contributed by atoms with Gasteiger partial charge in [0, 0.05) is 24.0 Å². The first-order valence-corrected chi connectivity index (χ1v) is 13.3. The van der Waals surface area contributed by atoms with Crippen molar-refractivity contribution in [3.05, 3.63) is 70.4 Å². The van der Waals surface area contributed by atoms with E-state index in [1.807, 2.05) is 6.07 Å². The molecule has 1 aromatic heterocycles. The summed E-state index contributed by atoms with van der Waals surface area (Å²) in [6.45, 7) is 6.39. The minimum Gasteiger partial charge on any atom is -0.493 e. The van der Waals surface area contributed by atoms with E-state index in [1.54, 1.807) is 18.5 Å². The number of benzene rings is 2. The van der Waals surface area contributed by atoms with Crippen LogP contribution in [0.4, 0.5) is 10.2 Å². The maximum absolute atomic E-state index is 15.2.